The minimum absolute atomic E-state index is 0.693. The molecule has 0 saturated carbocycles. The standard InChI is InChI=1S/C14H13N5S/c15-19-13-10(4-3-7-16-13)8-20-14-11-5-1-2-6-12(11)17-9-18-14/h1-7,9H,8,15H2,(H,16,19). The normalized spacial score (nSPS) is 10.7. The van der Waals surface area contributed by atoms with Gasteiger partial charge >= 0.3 is 0 Å². The molecule has 0 atom stereocenters. The molecule has 0 aliphatic heterocycles. The molecule has 5 nitrogen and oxygen atoms in total. The largest absolute Gasteiger partial charge is 0.308 e. The SMILES string of the molecule is NNc1ncccc1CSc1ncnc2ccccc12. The molecular formula is C14H13N5S. The van der Waals surface area contributed by atoms with Crippen LogP contribution in [0.25, 0.3) is 10.9 Å². The van der Waals surface area contributed by atoms with E-state index in [-0.39, 0.29) is 0 Å². The van der Waals surface area contributed by atoms with Crippen LogP contribution in [0.3, 0.4) is 0 Å². The third-order valence-electron chi connectivity index (χ3n) is 2.90. The number of para-hydroxylation sites is 1. The molecule has 3 N–H and O–H groups in total. The molecule has 2 heterocycles. The molecular weight excluding hydrogens is 270 g/mol. The fourth-order valence-electron chi connectivity index (χ4n) is 1.93. The molecule has 0 unspecified atom stereocenters. The molecule has 2 aromatic heterocycles. The summed E-state index contributed by atoms with van der Waals surface area (Å²) in [4.78, 5) is 12.8. The summed E-state index contributed by atoms with van der Waals surface area (Å²) >= 11 is 1.65. The number of aromatic nitrogens is 3. The predicted octanol–water partition coefficient (Wildman–Crippen LogP) is 2.60. The average Bonchev–Trinajstić information content (AvgIpc) is 2.53. The highest BCUT2D eigenvalue weighted by atomic mass is 32.2. The summed E-state index contributed by atoms with van der Waals surface area (Å²) in [6.07, 6.45) is 3.31. The monoisotopic (exact) mass is 283 g/mol. The number of nitrogen functional groups attached to an aromatic ring is 1. The van der Waals surface area contributed by atoms with Crippen molar-refractivity contribution in [3.63, 3.8) is 0 Å². The van der Waals surface area contributed by atoms with Gasteiger partial charge in [0, 0.05) is 22.9 Å². The van der Waals surface area contributed by atoms with Gasteiger partial charge in [-0.15, -0.1) is 11.8 Å². The van der Waals surface area contributed by atoms with Crippen LogP contribution in [0.15, 0.2) is 53.9 Å². The topological polar surface area (TPSA) is 76.7 Å². The zero-order valence-electron chi connectivity index (χ0n) is 10.7. The minimum Gasteiger partial charge on any atom is -0.308 e. The number of nitrogens with one attached hydrogen (secondary N) is 1. The summed E-state index contributed by atoms with van der Waals surface area (Å²) in [5.74, 6) is 6.90. The van der Waals surface area contributed by atoms with E-state index in [9.17, 15) is 0 Å². The van der Waals surface area contributed by atoms with Crippen LogP contribution in [0.2, 0.25) is 0 Å². The van der Waals surface area contributed by atoms with Crippen molar-refractivity contribution in [3.05, 3.63) is 54.5 Å². The van der Waals surface area contributed by atoms with Gasteiger partial charge in [-0.1, -0.05) is 24.3 Å². The van der Waals surface area contributed by atoms with Crippen molar-refractivity contribution in [2.24, 2.45) is 5.84 Å². The van der Waals surface area contributed by atoms with Crippen molar-refractivity contribution in [3.8, 4) is 0 Å². The molecule has 0 fully saturated rings. The summed E-state index contributed by atoms with van der Waals surface area (Å²) in [7, 11) is 0. The van der Waals surface area contributed by atoms with Crippen LogP contribution < -0.4 is 11.3 Å². The molecule has 0 aliphatic carbocycles. The molecule has 3 rings (SSSR count). The van der Waals surface area contributed by atoms with E-state index in [0.29, 0.717) is 5.82 Å². The fraction of sp³-hybridized carbons (Fsp3) is 0.0714. The van der Waals surface area contributed by atoms with Gasteiger partial charge in [0.05, 0.1) is 5.52 Å². The van der Waals surface area contributed by atoms with Gasteiger partial charge in [0.25, 0.3) is 0 Å². The highest BCUT2D eigenvalue weighted by molar-refractivity contribution is 7.98. The molecule has 100 valence electrons. The van der Waals surface area contributed by atoms with E-state index in [4.69, 9.17) is 5.84 Å². The van der Waals surface area contributed by atoms with Gasteiger partial charge in [-0.3, -0.25) is 0 Å². The maximum absolute atomic E-state index is 5.46. The first-order valence-electron chi connectivity index (χ1n) is 6.11. The second-order valence-electron chi connectivity index (χ2n) is 4.14. The van der Waals surface area contributed by atoms with E-state index in [1.165, 1.54) is 0 Å². The number of nitrogens with zero attached hydrogens (tertiary/aromatic N) is 3. The molecule has 0 radical (unpaired) electrons. The van der Waals surface area contributed by atoms with Gasteiger partial charge < -0.3 is 5.43 Å². The molecule has 0 amide bonds. The van der Waals surface area contributed by atoms with Crippen LogP contribution in [-0.2, 0) is 5.75 Å². The number of rotatable bonds is 4. The van der Waals surface area contributed by atoms with Gasteiger partial charge in [-0.2, -0.15) is 0 Å². The van der Waals surface area contributed by atoms with E-state index in [1.54, 1.807) is 24.3 Å². The lowest BCUT2D eigenvalue weighted by atomic mass is 10.2. The van der Waals surface area contributed by atoms with Crippen molar-refractivity contribution in [1.29, 1.82) is 0 Å². The zero-order valence-corrected chi connectivity index (χ0v) is 11.5. The molecule has 0 saturated heterocycles. The van der Waals surface area contributed by atoms with Crippen LogP contribution in [-0.4, -0.2) is 15.0 Å². The van der Waals surface area contributed by atoms with Gasteiger partial charge in [0.2, 0.25) is 0 Å². The van der Waals surface area contributed by atoms with E-state index >= 15 is 0 Å². The summed E-state index contributed by atoms with van der Waals surface area (Å²) in [5, 5.41) is 2.02. The number of fused-ring (bicyclic) bond motifs is 1. The molecule has 0 aliphatic rings. The summed E-state index contributed by atoms with van der Waals surface area (Å²) < 4.78 is 0. The van der Waals surface area contributed by atoms with Gasteiger partial charge in [0.1, 0.15) is 17.2 Å². The van der Waals surface area contributed by atoms with Gasteiger partial charge in [-0.25, -0.2) is 20.8 Å². The smallest absolute Gasteiger partial charge is 0.143 e. The molecule has 6 heteroatoms. The number of hydrazine groups is 1. The number of hydrogen-bond donors (Lipinski definition) is 2. The highest BCUT2D eigenvalue weighted by Crippen LogP contribution is 2.28. The average molecular weight is 283 g/mol. The first-order valence-corrected chi connectivity index (χ1v) is 7.10. The van der Waals surface area contributed by atoms with Crippen LogP contribution in [0.5, 0.6) is 0 Å². The first kappa shape index (κ1) is 12.8. The van der Waals surface area contributed by atoms with E-state index in [0.717, 1.165) is 27.2 Å². The summed E-state index contributed by atoms with van der Waals surface area (Å²) in [5.41, 5.74) is 4.61. The third kappa shape index (κ3) is 2.56. The van der Waals surface area contributed by atoms with Crippen LogP contribution in [0.4, 0.5) is 5.82 Å². The van der Waals surface area contributed by atoms with Crippen molar-refractivity contribution in [2.45, 2.75) is 10.8 Å². The highest BCUT2D eigenvalue weighted by Gasteiger charge is 2.06. The van der Waals surface area contributed by atoms with Crippen molar-refractivity contribution >= 4 is 28.5 Å². The minimum atomic E-state index is 0.693. The Morgan fingerprint density at radius 3 is 2.85 bits per heavy atom. The Labute approximate surface area is 120 Å². The lowest BCUT2D eigenvalue weighted by Crippen LogP contribution is -2.10. The molecule has 1 aromatic carbocycles. The number of thioether (sulfide) groups is 1. The van der Waals surface area contributed by atoms with Crippen LogP contribution in [0.1, 0.15) is 5.56 Å². The second-order valence-corrected chi connectivity index (χ2v) is 5.10. The van der Waals surface area contributed by atoms with E-state index in [1.807, 2.05) is 36.4 Å². The van der Waals surface area contributed by atoms with Crippen molar-refractivity contribution < 1.29 is 0 Å². The molecule has 0 spiro atoms. The Kier molecular flexibility index (Phi) is 3.76. The first-order chi connectivity index (χ1) is 9.88. The lowest BCUT2D eigenvalue weighted by molar-refractivity contribution is 1.10. The van der Waals surface area contributed by atoms with Crippen LogP contribution in [0, 0.1) is 0 Å². The summed E-state index contributed by atoms with van der Waals surface area (Å²) in [6, 6.07) is 11.9. The Bertz CT molecular complexity index is 726. The van der Waals surface area contributed by atoms with Crippen LogP contribution >= 0.6 is 11.8 Å². The Balaban J connectivity index is 1.87. The fourth-order valence-corrected chi connectivity index (χ4v) is 2.90. The predicted molar refractivity (Wildman–Crippen MR) is 81.1 cm³/mol. The van der Waals surface area contributed by atoms with E-state index < -0.39 is 0 Å². The number of nitrogens with two attached hydrogens (primary N) is 1. The second kappa shape index (κ2) is 5.85. The number of anilines is 1. The van der Waals surface area contributed by atoms with Gasteiger partial charge in [-0.05, 0) is 12.1 Å². The quantitative estimate of drug-likeness (QED) is 0.332. The zero-order chi connectivity index (χ0) is 13.8. The molecule has 0 bridgehead atoms. The Hall–Kier alpha value is -2.18. The number of benzene rings is 1. The number of pyridine rings is 1. The van der Waals surface area contributed by atoms with E-state index in [2.05, 4.69) is 20.4 Å². The maximum atomic E-state index is 5.46. The molecule has 3 aromatic rings. The Morgan fingerprint density at radius 2 is 1.95 bits per heavy atom. The Morgan fingerprint density at radius 1 is 1.05 bits per heavy atom. The molecule has 20 heavy (non-hydrogen) atoms. The lowest BCUT2D eigenvalue weighted by Gasteiger charge is -2.08. The third-order valence-corrected chi connectivity index (χ3v) is 3.95. The summed E-state index contributed by atoms with van der Waals surface area (Å²) in [6.45, 7) is 0. The number of hydrogen-bond acceptors (Lipinski definition) is 6. The van der Waals surface area contributed by atoms with Gasteiger partial charge in [0.15, 0.2) is 0 Å². The maximum Gasteiger partial charge on any atom is 0.143 e. The van der Waals surface area contributed by atoms with Crippen molar-refractivity contribution in [2.75, 3.05) is 5.43 Å². The van der Waals surface area contributed by atoms with Crippen molar-refractivity contribution in [1.82, 2.24) is 15.0 Å².